The van der Waals surface area contributed by atoms with Crippen LogP contribution in [-0.4, -0.2) is 63.8 Å². The summed E-state index contributed by atoms with van der Waals surface area (Å²) < 4.78 is 16.1. The van der Waals surface area contributed by atoms with Crippen molar-refractivity contribution >= 4 is 17.1 Å². The van der Waals surface area contributed by atoms with Crippen LogP contribution in [0.5, 0.6) is 5.88 Å². The lowest BCUT2D eigenvalue weighted by Crippen LogP contribution is -2.47. The molecule has 9 nitrogen and oxygen atoms in total. The summed E-state index contributed by atoms with van der Waals surface area (Å²) in [5, 5.41) is 24.3. The van der Waals surface area contributed by atoms with Crippen molar-refractivity contribution < 1.29 is 29.2 Å². The second-order valence-electron chi connectivity index (χ2n) is 8.35. The van der Waals surface area contributed by atoms with Gasteiger partial charge in [-0.1, -0.05) is 0 Å². The molecule has 1 amide bonds. The number of hydrogen-bond donors (Lipinski definition) is 3. The van der Waals surface area contributed by atoms with Crippen molar-refractivity contribution in [2.24, 2.45) is 0 Å². The molecule has 30 heavy (non-hydrogen) atoms. The Bertz CT molecular complexity index is 877. The van der Waals surface area contributed by atoms with Crippen molar-refractivity contribution in [1.82, 2.24) is 15.3 Å². The molecule has 0 spiro atoms. The van der Waals surface area contributed by atoms with Crippen LogP contribution in [0.15, 0.2) is 24.4 Å². The van der Waals surface area contributed by atoms with Gasteiger partial charge in [0.2, 0.25) is 5.88 Å². The lowest BCUT2D eigenvalue weighted by atomic mass is 9.94. The molecular weight excluding hydrogens is 390 g/mol. The first kappa shape index (κ1) is 22.2. The lowest BCUT2D eigenvalue weighted by molar-refractivity contribution is -0.113. The fourth-order valence-corrected chi connectivity index (χ4v) is 3.40. The van der Waals surface area contributed by atoms with Gasteiger partial charge in [0.25, 0.3) is 0 Å². The van der Waals surface area contributed by atoms with E-state index in [0.29, 0.717) is 35.3 Å². The van der Waals surface area contributed by atoms with E-state index < -0.39 is 30.0 Å². The first-order valence-electron chi connectivity index (χ1n) is 9.95. The molecule has 3 rings (SSSR count). The number of rotatable bonds is 5. The third-order valence-electron chi connectivity index (χ3n) is 4.85. The number of methoxy groups -OCH3 is 1. The van der Waals surface area contributed by atoms with Crippen molar-refractivity contribution in [2.75, 3.05) is 13.7 Å². The van der Waals surface area contributed by atoms with Gasteiger partial charge in [-0.2, -0.15) is 0 Å². The quantitative estimate of drug-likeness (QED) is 0.673. The number of fused-ring (bicyclic) bond motifs is 1. The molecule has 9 heteroatoms. The van der Waals surface area contributed by atoms with Crippen LogP contribution in [0.1, 0.15) is 45.3 Å². The molecule has 2 aromatic heterocycles. The summed E-state index contributed by atoms with van der Waals surface area (Å²) in [6.45, 7) is 5.61. The molecule has 3 heterocycles. The molecule has 0 unspecified atom stereocenters. The predicted molar refractivity (Wildman–Crippen MR) is 109 cm³/mol. The van der Waals surface area contributed by atoms with Crippen molar-refractivity contribution in [3.63, 3.8) is 0 Å². The number of aliphatic hydroxyl groups is 2. The monoisotopic (exact) mass is 419 g/mol. The van der Waals surface area contributed by atoms with E-state index in [-0.39, 0.29) is 12.6 Å². The Morgan fingerprint density at radius 2 is 2.03 bits per heavy atom. The first-order valence-corrected chi connectivity index (χ1v) is 9.95. The highest BCUT2D eigenvalue weighted by molar-refractivity contribution is 5.78. The average Bonchev–Trinajstić information content (AvgIpc) is 2.71. The molecule has 0 radical (unpaired) electrons. The number of pyridine rings is 2. The molecule has 0 bridgehead atoms. The zero-order valence-corrected chi connectivity index (χ0v) is 17.7. The van der Waals surface area contributed by atoms with Crippen molar-refractivity contribution in [3.8, 4) is 5.88 Å². The molecule has 4 atom stereocenters. The number of carbonyl (C=O) groups excluding carboxylic acids is 1. The molecule has 3 N–H and O–H groups in total. The van der Waals surface area contributed by atoms with E-state index in [1.54, 1.807) is 45.2 Å². The Morgan fingerprint density at radius 3 is 2.67 bits per heavy atom. The number of nitrogens with one attached hydrogen (secondary N) is 1. The number of aromatic nitrogens is 2. The SMILES string of the molecule is COc1ccc2nccc([C@@H](O)[C@H](O)[C@@H]3CC[C@@H](NC(=O)OC(C)(C)C)CO3)c2n1. The molecule has 0 aliphatic carbocycles. The van der Waals surface area contributed by atoms with Gasteiger partial charge in [0.15, 0.2) is 0 Å². The summed E-state index contributed by atoms with van der Waals surface area (Å²) in [5.41, 5.74) is 0.922. The zero-order chi connectivity index (χ0) is 21.9. The van der Waals surface area contributed by atoms with E-state index >= 15 is 0 Å². The van der Waals surface area contributed by atoms with Gasteiger partial charge in [-0.25, -0.2) is 9.78 Å². The summed E-state index contributed by atoms with van der Waals surface area (Å²) in [7, 11) is 1.51. The van der Waals surface area contributed by atoms with E-state index in [1.807, 2.05) is 0 Å². The van der Waals surface area contributed by atoms with Crippen LogP contribution in [0, 0.1) is 0 Å². The van der Waals surface area contributed by atoms with Gasteiger partial charge < -0.3 is 29.7 Å². The summed E-state index contributed by atoms with van der Waals surface area (Å²) in [5.74, 6) is 0.392. The second-order valence-corrected chi connectivity index (χ2v) is 8.35. The van der Waals surface area contributed by atoms with Crippen LogP contribution in [-0.2, 0) is 9.47 Å². The van der Waals surface area contributed by atoms with E-state index in [9.17, 15) is 15.0 Å². The maximum atomic E-state index is 11.9. The van der Waals surface area contributed by atoms with Crippen molar-refractivity contribution in [2.45, 2.75) is 63.6 Å². The Labute approximate surface area is 175 Å². The maximum Gasteiger partial charge on any atom is 0.407 e. The molecule has 2 aromatic rings. The summed E-state index contributed by atoms with van der Waals surface area (Å²) in [4.78, 5) is 20.5. The molecule has 1 aliphatic heterocycles. The third kappa shape index (κ3) is 5.35. The van der Waals surface area contributed by atoms with Gasteiger partial charge in [0, 0.05) is 17.8 Å². The summed E-state index contributed by atoms with van der Waals surface area (Å²) in [6, 6.07) is 4.84. The molecule has 1 fully saturated rings. The molecule has 1 saturated heterocycles. The zero-order valence-electron chi connectivity index (χ0n) is 17.7. The molecule has 0 aromatic carbocycles. The highest BCUT2D eigenvalue weighted by Gasteiger charge is 2.34. The van der Waals surface area contributed by atoms with Crippen molar-refractivity contribution in [3.05, 3.63) is 30.0 Å². The number of hydrogen-bond acceptors (Lipinski definition) is 8. The predicted octanol–water partition coefficient (Wildman–Crippen LogP) is 2.10. The average molecular weight is 419 g/mol. The topological polar surface area (TPSA) is 123 Å². The summed E-state index contributed by atoms with van der Waals surface area (Å²) >= 11 is 0. The number of ether oxygens (including phenoxy) is 3. The standard InChI is InChI=1S/C21H29N3O6/c1-21(2,3)30-20(27)23-12-5-7-15(29-11-12)19(26)18(25)13-9-10-22-14-6-8-16(28-4)24-17(13)14/h6,8-10,12,15,18-19,25-26H,5,7,11H2,1-4H3,(H,23,27)/t12-,15+,18-,19-/m1/s1. The van der Waals surface area contributed by atoms with E-state index in [2.05, 4.69) is 15.3 Å². The lowest BCUT2D eigenvalue weighted by Gasteiger charge is -2.34. The van der Waals surface area contributed by atoms with Gasteiger partial charge >= 0.3 is 6.09 Å². The van der Waals surface area contributed by atoms with Gasteiger partial charge in [-0.05, 0) is 45.7 Å². The number of aliphatic hydroxyl groups excluding tert-OH is 2. The number of amides is 1. The van der Waals surface area contributed by atoms with Crippen LogP contribution in [0.4, 0.5) is 4.79 Å². The first-order chi connectivity index (χ1) is 14.2. The van der Waals surface area contributed by atoms with Gasteiger partial charge in [-0.15, -0.1) is 0 Å². The van der Waals surface area contributed by atoms with Gasteiger partial charge in [0.05, 0.1) is 36.9 Å². The van der Waals surface area contributed by atoms with E-state index in [4.69, 9.17) is 14.2 Å². The maximum absolute atomic E-state index is 11.9. The Balaban J connectivity index is 1.63. The van der Waals surface area contributed by atoms with E-state index in [1.165, 1.54) is 7.11 Å². The van der Waals surface area contributed by atoms with Crippen LogP contribution in [0.2, 0.25) is 0 Å². The number of alkyl carbamates (subject to hydrolysis) is 1. The smallest absolute Gasteiger partial charge is 0.407 e. The van der Waals surface area contributed by atoms with Gasteiger partial charge in [-0.3, -0.25) is 4.98 Å². The van der Waals surface area contributed by atoms with Gasteiger partial charge in [0.1, 0.15) is 17.8 Å². The van der Waals surface area contributed by atoms with E-state index in [0.717, 1.165) is 0 Å². The largest absolute Gasteiger partial charge is 0.481 e. The molecular formula is C21H29N3O6. The van der Waals surface area contributed by atoms with Crippen molar-refractivity contribution in [1.29, 1.82) is 0 Å². The second kappa shape index (κ2) is 9.11. The minimum absolute atomic E-state index is 0.215. The molecule has 1 aliphatic rings. The summed E-state index contributed by atoms with van der Waals surface area (Å²) in [6.07, 6.45) is -0.829. The molecule has 0 saturated carbocycles. The van der Waals surface area contributed by atoms with Crippen LogP contribution < -0.4 is 10.1 Å². The minimum atomic E-state index is -1.21. The highest BCUT2D eigenvalue weighted by atomic mass is 16.6. The fraction of sp³-hybridized carbons (Fsp3) is 0.571. The van der Waals surface area contributed by atoms with Crippen LogP contribution in [0.3, 0.4) is 0 Å². The minimum Gasteiger partial charge on any atom is -0.481 e. The Kier molecular flexibility index (Phi) is 6.74. The number of nitrogens with zero attached hydrogens (tertiary/aromatic N) is 2. The van der Waals surface area contributed by atoms with Crippen LogP contribution in [0.25, 0.3) is 11.0 Å². The third-order valence-corrected chi connectivity index (χ3v) is 4.85. The Hall–Kier alpha value is -2.49. The molecule has 164 valence electrons. The fourth-order valence-electron chi connectivity index (χ4n) is 3.40. The normalized spacial score (nSPS) is 21.7. The highest BCUT2D eigenvalue weighted by Crippen LogP contribution is 2.29. The Morgan fingerprint density at radius 1 is 1.27 bits per heavy atom. The number of carbonyl (C=O) groups is 1. The van der Waals surface area contributed by atoms with Crippen LogP contribution >= 0.6 is 0 Å².